The van der Waals surface area contributed by atoms with Crippen LogP contribution in [0.5, 0.6) is 0 Å². The Kier molecular flexibility index (Phi) is 6.71. The molecule has 0 spiro atoms. The SMILES string of the molecule is C#CCN1CCC(C(=O)NCC(C)(C)N2CC(C)CC(C)C2)CC1. The van der Waals surface area contributed by atoms with Gasteiger partial charge in [0, 0.05) is 31.1 Å². The Labute approximate surface area is 148 Å². The average Bonchev–Trinajstić information content (AvgIpc) is 2.53. The van der Waals surface area contributed by atoms with Gasteiger partial charge in [-0.3, -0.25) is 14.6 Å². The first kappa shape index (κ1) is 19.3. The van der Waals surface area contributed by atoms with Crippen LogP contribution in [0.1, 0.15) is 47.0 Å². The van der Waals surface area contributed by atoms with Crippen LogP contribution in [0.3, 0.4) is 0 Å². The van der Waals surface area contributed by atoms with Crippen LogP contribution in [-0.4, -0.2) is 60.5 Å². The van der Waals surface area contributed by atoms with Crippen molar-refractivity contribution in [2.75, 3.05) is 39.3 Å². The number of likely N-dealkylation sites (tertiary alicyclic amines) is 2. The van der Waals surface area contributed by atoms with Gasteiger partial charge in [0.05, 0.1) is 6.54 Å². The molecule has 2 atom stereocenters. The number of nitrogens with zero attached hydrogens (tertiary/aromatic N) is 2. The zero-order valence-corrected chi connectivity index (χ0v) is 16.0. The van der Waals surface area contributed by atoms with E-state index in [1.54, 1.807) is 0 Å². The molecule has 2 unspecified atom stereocenters. The predicted octanol–water partition coefficient (Wildman–Crippen LogP) is 2.20. The third-order valence-electron chi connectivity index (χ3n) is 5.69. The minimum absolute atomic E-state index is 0.0166. The highest BCUT2D eigenvalue weighted by Gasteiger charge is 2.33. The first-order chi connectivity index (χ1) is 11.3. The second-order valence-electron chi connectivity index (χ2n) is 8.64. The molecule has 2 fully saturated rings. The lowest BCUT2D eigenvalue weighted by Gasteiger charge is -2.45. The zero-order valence-electron chi connectivity index (χ0n) is 16.0. The summed E-state index contributed by atoms with van der Waals surface area (Å²) in [7, 11) is 0. The third-order valence-corrected chi connectivity index (χ3v) is 5.69. The van der Waals surface area contributed by atoms with E-state index in [1.165, 1.54) is 6.42 Å². The van der Waals surface area contributed by atoms with Crippen LogP contribution in [0, 0.1) is 30.1 Å². The molecule has 24 heavy (non-hydrogen) atoms. The Morgan fingerprint density at radius 1 is 1.21 bits per heavy atom. The lowest BCUT2D eigenvalue weighted by Crippen LogP contribution is -2.56. The van der Waals surface area contributed by atoms with Crippen LogP contribution in [-0.2, 0) is 4.79 Å². The van der Waals surface area contributed by atoms with Crippen LogP contribution < -0.4 is 5.32 Å². The van der Waals surface area contributed by atoms with Gasteiger partial charge in [-0.25, -0.2) is 0 Å². The second-order valence-corrected chi connectivity index (χ2v) is 8.64. The number of rotatable bonds is 5. The van der Waals surface area contributed by atoms with Gasteiger partial charge in [-0.15, -0.1) is 6.42 Å². The maximum Gasteiger partial charge on any atom is 0.223 e. The first-order valence-electron chi connectivity index (χ1n) is 9.50. The number of carbonyl (C=O) groups is 1. The van der Waals surface area contributed by atoms with E-state index in [-0.39, 0.29) is 17.4 Å². The molecule has 0 aromatic heterocycles. The largest absolute Gasteiger partial charge is 0.354 e. The number of nitrogens with one attached hydrogen (secondary N) is 1. The molecule has 2 aliphatic heterocycles. The van der Waals surface area contributed by atoms with Gasteiger partial charge in [0.25, 0.3) is 0 Å². The van der Waals surface area contributed by atoms with Crippen LogP contribution >= 0.6 is 0 Å². The molecule has 4 heteroatoms. The summed E-state index contributed by atoms with van der Waals surface area (Å²) in [6.45, 7) is 14.8. The normalized spacial score (nSPS) is 27.6. The Hall–Kier alpha value is -1.05. The van der Waals surface area contributed by atoms with Crippen molar-refractivity contribution >= 4 is 5.91 Å². The smallest absolute Gasteiger partial charge is 0.223 e. The molecule has 4 nitrogen and oxygen atoms in total. The summed E-state index contributed by atoms with van der Waals surface area (Å²) in [6.07, 6.45) is 8.52. The van der Waals surface area contributed by atoms with E-state index < -0.39 is 0 Å². The fourth-order valence-electron chi connectivity index (χ4n) is 4.20. The number of amides is 1. The summed E-state index contributed by atoms with van der Waals surface area (Å²) >= 11 is 0. The lowest BCUT2D eigenvalue weighted by molar-refractivity contribution is -0.127. The average molecular weight is 334 g/mol. The van der Waals surface area contributed by atoms with Crippen molar-refractivity contribution in [3.63, 3.8) is 0 Å². The van der Waals surface area contributed by atoms with E-state index in [4.69, 9.17) is 6.42 Å². The second kappa shape index (κ2) is 8.36. The summed E-state index contributed by atoms with van der Waals surface area (Å²) in [5.41, 5.74) is 0.0166. The number of carbonyl (C=O) groups excluding carboxylic acids is 1. The number of hydrogen-bond acceptors (Lipinski definition) is 3. The van der Waals surface area contributed by atoms with Crippen LogP contribution in [0.15, 0.2) is 0 Å². The van der Waals surface area contributed by atoms with Gasteiger partial charge in [-0.1, -0.05) is 19.8 Å². The highest BCUT2D eigenvalue weighted by molar-refractivity contribution is 5.78. The van der Waals surface area contributed by atoms with E-state index in [2.05, 4.69) is 48.7 Å². The van der Waals surface area contributed by atoms with Gasteiger partial charge < -0.3 is 5.32 Å². The molecule has 0 aromatic carbocycles. The Morgan fingerprint density at radius 2 is 1.79 bits per heavy atom. The van der Waals surface area contributed by atoms with Crippen molar-refractivity contribution in [3.05, 3.63) is 0 Å². The van der Waals surface area contributed by atoms with E-state index in [1.807, 2.05) is 0 Å². The van der Waals surface area contributed by atoms with E-state index >= 15 is 0 Å². The maximum absolute atomic E-state index is 12.5. The number of terminal acetylenes is 1. The third kappa shape index (κ3) is 5.22. The van der Waals surface area contributed by atoms with Gasteiger partial charge in [0.2, 0.25) is 5.91 Å². The molecule has 2 saturated heterocycles. The van der Waals surface area contributed by atoms with Crippen LogP contribution in [0.25, 0.3) is 0 Å². The molecule has 0 saturated carbocycles. The van der Waals surface area contributed by atoms with E-state index in [0.29, 0.717) is 6.54 Å². The van der Waals surface area contributed by atoms with Crippen LogP contribution in [0.2, 0.25) is 0 Å². The zero-order chi connectivity index (χ0) is 17.7. The molecular formula is C20H35N3O. The minimum Gasteiger partial charge on any atom is -0.354 e. The molecule has 1 N–H and O–H groups in total. The molecule has 0 aromatic rings. The maximum atomic E-state index is 12.5. The minimum atomic E-state index is 0.0166. The van der Waals surface area contributed by atoms with Crippen molar-refractivity contribution in [3.8, 4) is 12.3 Å². The summed E-state index contributed by atoms with van der Waals surface area (Å²) < 4.78 is 0. The molecular weight excluding hydrogens is 298 g/mol. The van der Waals surface area contributed by atoms with E-state index in [9.17, 15) is 4.79 Å². The molecule has 1 amide bonds. The van der Waals surface area contributed by atoms with E-state index in [0.717, 1.165) is 57.4 Å². The fourth-order valence-corrected chi connectivity index (χ4v) is 4.20. The van der Waals surface area contributed by atoms with Crippen molar-refractivity contribution in [2.45, 2.75) is 52.5 Å². The van der Waals surface area contributed by atoms with Crippen molar-refractivity contribution in [1.29, 1.82) is 0 Å². The number of hydrogen-bond donors (Lipinski definition) is 1. The van der Waals surface area contributed by atoms with Gasteiger partial charge in [0.1, 0.15) is 0 Å². The van der Waals surface area contributed by atoms with Crippen LogP contribution in [0.4, 0.5) is 0 Å². The van der Waals surface area contributed by atoms with Gasteiger partial charge in [0.15, 0.2) is 0 Å². The fraction of sp³-hybridized carbons (Fsp3) is 0.850. The van der Waals surface area contributed by atoms with Crippen molar-refractivity contribution in [2.24, 2.45) is 17.8 Å². The molecule has 2 heterocycles. The molecule has 0 bridgehead atoms. The topological polar surface area (TPSA) is 35.6 Å². The monoisotopic (exact) mass is 333 g/mol. The molecule has 0 radical (unpaired) electrons. The summed E-state index contributed by atoms with van der Waals surface area (Å²) in [5, 5.41) is 3.23. The molecule has 0 aliphatic carbocycles. The highest BCUT2D eigenvalue weighted by atomic mass is 16.1. The van der Waals surface area contributed by atoms with Gasteiger partial charge in [-0.05, 0) is 58.0 Å². The summed E-state index contributed by atoms with van der Waals surface area (Å²) in [6, 6.07) is 0. The highest BCUT2D eigenvalue weighted by Crippen LogP contribution is 2.27. The molecule has 136 valence electrons. The number of piperidine rings is 2. The lowest BCUT2D eigenvalue weighted by atomic mass is 9.87. The quantitative estimate of drug-likeness (QED) is 0.784. The molecule has 2 rings (SSSR count). The standard InChI is InChI=1S/C20H35N3O/c1-6-9-22-10-7-18(8-11-22)19(24)21-15-20(4,5)23-13-16(2)12-17(3)14-23/h1,16-18H,7-15H2,2-5H3,(H,21,24). The summed E-state index contributed by atoms with van der Waals surface area (Å²) in [4.78, 5) is 17.3. The molecule has 2 aliphatic rings. The summed E-state index contributed by atoms with van der Waals surface area (Å²) in [5.74, 6) is 4.54. The predicted molar refractivity (Wildman–Crippen MR) is 99.6 cm³/mol. The Bertz CT molecular complexity index is 450. The Balaban J connectivity index is 1.79. The van der Waals surface area contributed by atoms with Gasteiger partial charge in [-0.2, -0.15) is 0 Å². The van der Waals surface area contributed by atoms with Crippen molar-refractivity contribution < 1.29 is 4.79 Å². The van der Waals surface area contributed by atoms with Crippen molar-refractivity contribution in [1.82, 2.24) is 15.1 Å². The Morgan fingerprint density at radius 3 is 2.33 bits per heavy atom. The first-order valence-corrected chi connectivity index (χ1v) is 9.50. The van der Waals surface area contributed by atoms with Gasteiger partial charge >= 0.3 is 0 Å².